The molecule has 0 amide bonds. The standard InChI is InChI=1S/C34H21N3/c1-2-10-23-19-26(18-17-22(23)9-1)33-28-14-5-7-15-30(28)35-34(36-33)37-31-16-8-6-13-27(31)29-20-24-11-3-4-12-25(24)21-32(29)37/h1-21H. The van der Waals surface area contributed by atoms with Gasteiger partial charge >= 0.3 is 0 Å². The van der Waals surface area contributed by atoms with Gasteiger partial charge < -0.3 is 0 Å². The molecule has 2 aromatic heterocycles. The lowest BCUT2D eigenvalue weighted by Crippen LogP contribution is -2.03. The third-order valence-electron chi connectivity index (χ3n) is 7.35. The molecule has 0 aliphatic rings. The van der Waals surface area contributed by atoms with Crippen molar-refractivity contribution in [2.24, 2.45) is 0 Å². The van der Waals surface area contributed by atoms with Crippen molar-refractivity contribution >= 4 is 54.3 Å². The highest BCUT2D eigenvalue weighted by Crippen LogP contribution is 2.36. The summed E-state index contributed by atoms with van der Waals surface area (Å²) in [5.74, 6) is 0.684. The molecule has 0 spiro atoms. The molecule has 0 fully saturated rings. The average Bonchev–Trinajstić information content (AvgIpc) is 3.28. The zero-order valence-corrected chi connectivity index (χ0v) is 20.0. The van der Waals surface area contributed by atoms with Crippen LogP contribution in [0.1, 0.15) is 0 Å². The van der Waals surface area contributed by atoms with Gasteiger partial charge in [-0.1, -0.05) is 97.1 Å². The first-order valence-corrected chi connectivity index (χ1v) is 12.5. The first-order chi connectivity index (χ1) is 18.3. The Balaban J connectivity index is 1.48. The zero-order chi connectivity index (χ0) is 24.3. The summed E-state index contributed by atoms with van der Waals surface area (Å²) >= 11 is 0. The Morgan fingerprint density at radius 2 is 1.08 bits per heavy atom. The quantitative estimate of drug-likeness (QED) is 0.252. The number of nitrogens with zero attached hydrogens (tertiary/aromatic N) is 3. The zero-order valence-electron chi connectivity index (χ0n) is 20.0. The van der Waals surface area contributed by atoms with Gasteiger partial charge in [0, 0.05) is 21.7 Å². The molecule has 37 heavy (non-hydrogen) atoms. The first-order valence-electron chi connectivity index (χ1n) is 12.5. The van der Waals surface area contributed by atoms with Gasteiger partial charge in [-0.3, -0.25) is 4.57 Å². The van der Waals surface area contributed by atoms with E-state index < -0.39 is 0 Å². The lowest BCUT2D eigenvalue weighted by atomic mass is 10.0. The van der Waals surface area contributed by atoms with Gasteiger partial charge in [0.25, 0.3) is 0 Å². The smallest absolute Gasteiger partial charge is 0.235 e. The topological polar surface area (TPSA) is 30.7 Å². The van der Waals surface area contributed by atoms with Crippen LogP contribution in [0.25, 0.3) is 71.5 Å². The minimum absolute atomic E-state index is 0.684. The number of para-hydroxylation sites is 2. The maximum Gasteiger partial charge on any atom is 0.235 e. The predicted molar refractivity (Wildman–Crippen MR) is 154 cm³/mol. The molecule has 2 heterocycles. The third-order valence-corrected chi connectivity index (χ3v) is 7.35. The van der Waals surface area contributed by atoms with Crippen LogP contribution in [0.4, 0.5) is 0 Å². The number of fused-ring (bicyclic) bond motifs is 6. The van der Waals surface area contributed by atoms with Crippen LogP contribution in [0.15, 0.2) is 127 Å². The molecule has 0 saturated heterocycles. The summed E-state index contributed by atoms with van der Waals surface area (Å²) in [7, 11) is 0. The van der Waals surface area contributed by atoms with Gasteiger partial charge in [-0.2, -0.15) is 0 Å². The Labute approximate surface area is 213 Å². The summed E-state index contributed by atoms with van der Waals surface area (Å²) in [4.78, 5) is 10.4. The van der Waals surface area contributed by atoms with Crippen molar-refractivity contribution in [1.82, 2.24) is 14.5 Å². The minimum atomic E-state index is 0.684. The third kappa shape index (κ3) is 3.08. The highest BCUT2D eigenvalue weighted by molar-refractivity contribution is 6.13. The van der Waals surface area contributed by atoms with E-state index in [1.54, 1.807) is 0 Å². The highest BCUT2D eigenvalue weighted by atomic mass is 15.2. The van der Waals surface area contributed by atoms with E-state index in [1.165, 1.54) is 32.3 Å². The van der Waals surface area contributed by atoms with E-state index in [9.17, 15) is 0 Å². The summed E-state index contributed by atoms with van der Waals surface area (Å²) in [5.41, 5.74) is 5.18. The summed E-state index contributed by atoms with van der Waals surface area (Å²) in [6, 6.07) is 44.9. The molecule has 3 nitrogen and oxygen atoms in total. The van der Waals surface area contributed by atoms with E-state index in [0.717, 1.165) is 33.2 Å². The molecular weight excluding hydrogens is 450 g/mol. The molecule has 3 heteroatoms. The van der Waals surface area contributed by atoms with E-state index in [0.29, 0.717) is 5.95 Å². The summed E-state index contributed by atoms with van der Waals surface area (Å²) in [6.07, 6.45) is 0. The van der Waals surface area contributed by atoms with Crippen LogP contribution >= 0.6 is 0 Å². The Hall–Kier alpha value is -5.02. The monoisotopic (exact) mass is 471 g/mol. The summed E-state index contributed by atoms with van der Waals surface area (Å²) in [5, 5.41) is 8.31. The van der Waals surface area contributed by atoms with E-state index in [-0.39, 0.29) is 0 Å². The van der Waals surface area contributed by atoms with Crippen LogP contribution < -0.4 is 0 Å². The van der Waals surface area contributed by atoms with Crippen LogP contribution in [-0.4, -0.2) is 14.5 Å². The van der Waals surface area contributed by atoms with Crippen molar-refractivity contribution in [3.05, 3.63) is 127 Å². The van der Waals surface area contributed by atoms with Crippen LogP contribution in [0.2, 0.25) is 0 Å². The SMILES string of the molecule is c1ccc2cc(-c3nc(-n4c5ccccc5c5cc6ccccc6cc54)nc4ccccc34)ccc2c1. The van der Waals surface area contributed by atoms with Crippen LogP contribution in [-0.2, 0) is 0 Å². The lowest BCUT2D eigenvalue weighted by Gasteiger charge is -2.12. The van der Waals surface area contributed by atoms with Crippen molar-refractivity contribution < 1.29 is 0 Å². The number of hydrogen-bond donors (Lipinski definition) is 0. The Morgan fingerprint density at radius 1 is 0.432 bits per heavy atom. The molecule has 0 aliphatic heterocycles. The summed E-state index contributed by atoms with van der Waals surface area (Å²) in [6.45, 7) is 0. The molecule has 6 aromatic carbocycles. The van der Waals surface area contributed by atoms with Crippen molar-refractivity contribution in [3.8, 4) is 17.2 Å². The molecule has 0 unspecified atom stereocenters. The maximum atomic E-state index is 5.25. The lowest BCUT2D eigenvalue weighted by molar-refractivity contribution is 1.01. The molecule has 0 aliphatic carbocycles. The second-order valence-electron chi connectivity index (χ2n) is 9.52. The second-order valence-corrected chi connectivity index (χ2v) is 9.52. The van der Waals surface area contributed by atoms with E-state index in [1.807, 2.05) is 6.07 Å². The van der Waals surface area contributed by atoms with Crippen LogP contribution in [0.3, 0.4) is 0 Å². The van der Waals surface area contributed by atoms with E-state index in [2.05, 4.69) is 126 Å². The number of benzene rings is 6. The van der Waals surface area contributed by atoms with Crippen molar-refractivity contribution in [1.29, 1.82) is 0 Å². The van der Waals surface area contributed by atoms with Gasteiger partial charge in [-0.05, 0) is 51.9 Å². The predicted octanol–water partition coefficient (Wildman–Crippen LogP) is 8.70. The highest BCUT2D eigenvalue weighted by Gasteiger charge is 2.17. The average molecular weight is 472 g/mol. The van der Waals surface area contributed by atoms with Crippen LogP contribution in [0.5, 0.6) is 0 Å². The van der Waals surface area contributed by atoms with Crippen molar-refractivity contribution in [2.75, 3.05) is 0 Å². The van der Waals surface area contributed by atoms with Gasteiger partial charge in [0.2, 0.25) is 5.95 Å². The fourth-order valence-corrected chi connectivity index (χ4v) is 5.59. The molecule has 0 saturated carbocycles. The summed E-state index contributed by atoms with van der Waals surface area (Å²) < 4.78 is 2.22. The van der Waals surface area contributed by atoms with E-state index in [4.69, 9.17) is 9.97 Å². The second kappa shape index (κ2) is 7.74. The minimum Gasteiger partial charge on any atom is -0.278 e. The fourth-order valence-electron chi connectivity index (χ4n) is 5.59. The van der Waals surface area contributed by atoms with Crippen LogP contribution in [0, 0.1) is 0 Å². The van der Waals surface area contributed by atoms with Gasteiger partial charge in [-0.15, -0.1) is 0 Å². The molecule has 172 valence electrons. The van der Waals surface area contributed by atoms with Gasteiger partial charge in [-0.25, -0.2) is 9.97 Å². The number of hydrogen-bond acceptors (Lipinski definition) is 2. The Bertz CT molecular complexity index is 2150. The Morgan fingerprint density at radius 3 is 1.92 bits per heavy atom. The molecule has 8 rings (SSSR count). The molecule has 8 aromatic rings. The molecule has 0 bridgehead atoms. The van der Waals surface area contributed by atoms with Gasteiger partial charge in [0.05, 0.1) is 22.2 Å². The van der Waals surface area contributed by atoms with Gasteiger partial charge in [0.15, 0.2) is 0 Å². The molecular formula is C34H21N3. The normalized spacial score (nSPS) is 11.8. The molecule has 0 atom stereocenters. The first kappa shape index (κ1) is 20.2. The number of aromatic nitrogens is 3. The Kier molecular flexibility index (Phi) is 4.23. The maximum absolute atomic E-state index is 5.25. The molecule has 0 radical (unpaired) electrons. The van der Waals surface area contributed by atoms with Gasteiger partial charge in [0.1, 0.15) is 0 Å². The van der Waals surface area contributed by atoms with Crippen molar-refractivity contribution in [2.45, 2.75) is 0 Å². The fraction of sp³-hybridized carbons (Fsp3) is 0. The molecule has 0 N–H and O–H groups in total. The largest absolute Gasteiger partial charge is 0.278 e. The van der Waals surface area contributed by atoms with Crippen molar-refractivity contribution in [3.63, 3.8) is 0 Å². The van der Waals surface area contributed by atoms with E-state index >= 15 is 0 Å². The number of rotatable bonds is 2.